The highest BCUT2D eigenvalue weighted by Gasteiger charge is 2.25. The van der Waals surface area contributed by atoms with Crippen molar-refractivity contribution in [3.63, 3.8) is 0 Å². The Morgan fingerprint density at radius 2 is 1.86 bits per heavy atom. The van der Waals surface area contributed by atoms with Crippen molar-refractivity contribution in [2.75, 3.05) is 24.7 Å². The Hall–Kier alpha value is -3.86. The first kappa shape index (κ1) is 22.9. The van der Waals surface area contributed by atoms with E-state index in [0.717, 1.165) is 23.9 Å². The van der Waals surface area contributed by atoms with E-state index in [2.05, 4.69) is 25.4 Å². The Labute approximate surface area is 203 Å². The molecule has 3 aromatic heterocycles. The number of pyridine rings is 1. The largest absolute Gasteiger partial charge is 0.365 e. The first-order valence-electron chi connectivity index (χ1n) is 11.3. The fraction of sp³-hybridized carbons (Fsp3) is 0.292. The van der Waals surface area contributed by atoms with Crippen LogP contribution >= 0.6 is 0 Å². The lowest BCUT2D eigenvalue weighted by Crippen LogP contribution is -2.45. The van der Waals surface area contributed by atoms with Gasteiger partial charge in [-0.15, -0.1) is 0 Å². The number of fused-ring (bicyclic) bond motifs is 1. The van der Waals surface area contributed by atoms with E-state index in [1.165, 1.54) is 12.6 Å². The normalized spacial score (nSPS) is 16.4. The molecule has 1 N–H and O–H groups in total. The number of carbonyl (C=O) groups is 1. The fourth-order valence-electron chi connectivity index (χ4n) is 4.23. The zero-order valence-electron chi connectivity index (χ0n) is 19.4. The molecule has 4 aromatic rings. The van der Waals surface area contributed by atoms with Crippen LogP contribution in [-0.2, 0) is 9.84 Å². The van der Waals surface area contributed by atoms with Gasteiger partial charge in [0.15, 0.2) is 15.5 Å². The Bertz CT molecular complexity index is 1480. The predicted molar refractivity (Wildman–Crippen MR) is 131 cm³/mol. The third-order valence-corrected chi connectivity index (χ3v) is 7.21. The van der Waals surface area contributed by atoms with Crippen molar-refractivity contribution in [3.05, 3.63) is 66.4 Å². The molecule has 1 unspecified atom stereocenters. The summed E-state index contributed by atoms with van der Waals surface area (Å²) in [6.45, 7) is 3.15. The molecule has 1 aromatic carbocycles. The van der Waals surface area contributed by atoms with Gasteiger partial charge in [0.25, 0.3) is 5.91 Å². The minimum atomic E-state index is -3.28. The topological polar surface area (TPSA) is 123 Å². The van der Waals surface area contributed by atoms with Crippen LogP contribution in [0.3, 0.4) is 0 Å². The summed E-state index contributed by atoms with van der Waals surface area (Å²) in [4.78, 5) is 28.1. The van der Waals surface area contributed by atoms with Crippen LogP contribution in [0.15, 0.2) is 60.0 Å². The highest BCUT2D eigenvalue weighted by molar-refractivity contribution is 7.90. The quantitative estimate of drug-likeness (QED) is 0.452. The van der Waals surface area contributed by atoms with E-state index in [4.69, 9.17) is 0 Å². The number of likely N-dealkylation sites (tertiary alicyclic amines) is 1. The van der Waals surface area contributed by atoms with Crippen LogP contribution in [0.25, 0.3) is 16.7 Å². The number of piperidine rings is 1. The number of hydrogen-bond acceptors (Lipinski definition) is 8. The number of amides is 1. The van der Waals surface area contributed by atoms with E-state index >= 15 is 0 Å². The number of sulfone groups is 1. The van der Waals surface area contributed by atoms with Gasteiger partial charge in [0.2, 0.25) is 0 Å². The van der Waals surface area contributed by atoms with Gasteiger partial charge in [0, 0.05) is 37.3 Å². The van der Waals surface area contributed by atoms with E-state index in [9.17, 15) is 13.2 Å². The first-order valence-corrected chi connectivity index (χ1v) is 13.2. The summed E-state index contributed by atoms with van der Waals surface area (Å²) in [6.07, 6.45) is 7.74. The number of aryl methyl sites for hydroxylation is 1. The molecule has 1 aliphatic heterocycles. The van der Waals surface area contributed by atoms with Crippen molar-refractivity contribution in [3.8, 4) is 5.69 Å². The second-order valence-electron chi connectivity index (χ2n) is 8.70. The molecule has 11 heteroatoms. The summed E-state index contributed by atoms with van der Waals surface area (Å²) in [7, 11) is -3.28. The number of rotatable bonds is 5. The molecule has 5 rings (SSSR count). The molecule has 0 bridgehead atoms. The summed E-state index contributed by atoms with van der Waals surface area (Å²) in [5, 5.41) is 8.67. The number of nitrogens with one attached hydrogen (secondary N) is 1. The van der Waals surface area contributed by atoms with Crippen LogP contribution in [0.5, 0.6) is 0 Å². The smallest absolute Gasteiger partial charge is 0.255 e. The van der Waals surface area contributed by atoms with Crippen LogP contribution < -0.4 is 5.32 Å². The van der Waals surface area contributed by atoms with Crippen LogP contribution in [0.2, 0.25) is 0 Å². The third-order valence-electron chi connectivity index (χ3n) is 6.08. The van der Waals surface area contributed by atoms with Crippen LogP contribution in [-0.4, -0.2) is 69.3 Å². The lowest BCUT2D eigenvalue weighted by molar-refractivity contribution is 0.0714. The molecular weight excluding hydrogens is 466 g/mol. The van der Waals surface area contributed by atoms with Crippen LogP contribution in [0, 0.1) is 6.92 Å². The van der Waals surface area contributed by atoms with Gasteiger partial charge >= 0.3 is 0 Å². The molecule has 1 aliphatic rings. The minimum absolute atomic E-state index is 0.0257. The van der Waals surface area contributed by atoms with E-state index in [1.54, 1.807) is 41.3 Å². The Balaban J connectivity index is 1.36. The van der Waals surface area contributed by atoms with Crippen molar-refractivity contribution in [2.24, 2.45) is 0 Å². The highest BCUT2D eigenvalue weighted by atomic mass is 32.2. The molecule has 0 saturated carbocycles. The zero-order valence-corrected chi connectivity index (χ0v) is 20.2. The first-order chi connectivity index (χ1) is 16.8. The van der Waals surface area contributed by atoms with Gasteiger partial charge in [0.05, 0.1) is 27.7 Å². The van der Waals surface area contributed by atoms with E-state index in [0.29, 0.717) is 35.8 Å². The van der Waals surface area contributed by atoms with Gasteiger partial charge in [0.1, 0.15) is 12.1 Å². The van der Waals surface area contributed by atoms with Gasteiger partial charge in [-0.3, -0.25) is 9.78 Å². The maximum atomic E-state index is 12.9. The lowest BCUT2D eigenvalue weighted by Gasteiger charge is -2.33. The molecule has 0 spiro atoms. The van der Waals surface area contributed by atoms with Crippen molar-refractivity contribution in [2.45, 2.75) is 30.7 Å². The molecule has 0 radical (unpaired) electrons. The van der Waals surface area contributed by atoms with Gasteiger partial charge in [-0.25, -0.2) is 23.1 Å². The molecule has 0 aliphatic carbocycles. The van der Waals surface area contributed by atoms with E-state index in [-0.39, 0.29) is 16.8 Å². The van der Waals surface area contributed by atoms with Crippen molar-refractivity contribution < 1.29 is 13.2 Å². The fourth-order valence-corrected chi connectivity index (χ4v) is 4.86. The Kier molecular flexibility index (Phi) is 5.93. The summed E-state index contributed by atoms with van der Waals surface area (Å²) >= 11 is 0. The molecule has 4 heterocycles. The highest BCUT2D eigenvalue weighted by Crippen LogP contribution is 2.25. The Morgan fingerprint density at radius 3 is 2.57 bits per heavy atom. The second kappa shape index (κ2) is 9.06. The van der Waals surface area contributed by atoms with Gasteiger partial charge in [-0.1, -0.05) is 0 Å². The van der Waals surface area contributed by atoms with Crippen molar-refractivity contribution >= 4 is 32.6 Å². The number of anilines is 1. The monoisotopic (exact) mass is 491 g/mol. The predicted octanol–water partition coefficient (Wildman–Crippen LogP) is 2.64. The zero-order chi connectivity index (χ0) is 24.6. The van der Waals surface area contributed by atoms with Crippen LogP contribution in [0.1, 0.15) is 28.9 Å². The number of aromatic nitrogens is 5. The summed E-state index contributed by atoms with van der Waals surface area (Å²) < 4.78 is 25.2. The SMILES string of the molecule is Cc1ccc(C(=O)N2CCCC(Nc3ncnc4c3cnn4-c3ccc(S(C)(=O)=O)cc3)C2)cn1. The number of benzene rings is 1. The Morgan fingerprint density at radius 1 is 1.06 bits per heavy atom. The van der Waals surface area contributed by atoms with Gasteiger partial charge in [-0.05, 0) is 56.2 Å². The number of nitrogens with zero attached hydrogens (tertiary/aromatic N) is 6. The molecule has 1 fully saturated rings. The average Bonchev–Trinajstić information content (AvgIpc) is 3.29. The van der Waals surface area contributed by atoms with Crippen molar-refractivity contribution in [1.29, 1.82) is 0 Å². The molecular formula is C24H25N7O3S. The number of hydrogen-bond donors (Lipinski definition) is 1. The van der Waals surface area contributed by atoms with Crippen LogP contribution in [0.4, 0.5) is 5.82 Å². The summed E-state index contributed by atoms with van der Waals surface area (Å²) in [6, 6.07) is 10.2. The molecule has 35 heavy (non-hydrogen) atoms. The average molecular weight is 492 g/mol. The number of carbonyl (C=O) groups excluding carboxylic acids is 1. The molecule has 1 amide bonds. The van der Waals surface area contributed by atoms with Gasteiger partial charge in [-0.2, -0.15) is 5.10 Å². The maximum absolute atomic E-state index is 12.9. The molecule has 180 valence electrons. The van der Waals surface area contributed by atoms with E-state index in [1.807, 2.05) is 24.0 Å². The lowest BCUT2D eigenvalue weighted by atomic mass is 10.0. The molecule has 1 saturated heterocycles. The van der Waals surface area contributed by atoms with E-state index < -0.39 is 9.84 Å². The minimum Gasteiger partial charge on any atom is -0.365 e. The standard InChI is InChI=1S/C24H25N7O3S/c1-16-5-6-17(12-25-16)24(32)30-11-3-4-18(14-30)29-22-21-13-28-31(23(21)27-15-26-22)19-7-9-20(10-8-19)35(2,33)34/h5-10,12-13,15,18H,3-4,11,14H2,1-2H3,(H,26,27,29). The third kappa shape index (κ3) is 4.72. The summed E-state index contributed by atoms with van der Waals surface area (Å²) in [5.41, 5.74) is 2.76. The molecule has 1 atom stereocenters. The van der Waals surface area contributed by atoms with Crippen molar-refractivity contribution in [1.82, 2.24) is 29.6 Å². The maximum Gasteiger partial charge on any atom is 0.255 e. The van der Waals surface area contributed by atoms with Gasteiger partial charge < -0.3 is 10.2 Å². The summed E-state index contributed by atoms with van der Waals surface area (Å²) in [5.74, 6) is 0.618. The second-order valence-corrected chi connectivity index (χ2v) is 10.7. The molecule has 10 nitrogen and oxygen atoms in total.